The SMILES string of the molecule is COc1ccc(CCOc2ccc(C=C3SC(=O)NC3=O)cc2)nc1. The molecule has 0 radical (unpaired) electrons. The van der Waals surface area contributed by atoms with Crippen molar-refractivity contribution in [3.63, 3.8) is 0 Å². The van der Waals surface area contributed by atoms with Crippen LogP contribution in [0.5, 0.6) is 11.5 Å². The number of rotatable bonds is 6. The highest BCUT2D eigenvalue weighted by Crippen LogP contribution is 2.26. The second-order valence-corrected chi connectivity index (χ2v) is 6.22. The summed E-state index contributed by atoms with van der Waals surface area (Å²) in [6.07, 6.45) is 4.05. The van der Waals surface area contributed by atoms with Gasteiger partial charge in [-0.15, -0.1) is 0 Å². The van der Waals surface area contributed by atoms with Crippen LogP contribution in [-0.4, -0.2) is 29.8 Å². The van der Waals surface area contributed by atoms with E-state index >= 15 is 0 Å². The number of aromatic nitrogens is 1. The Kier molecular flexibility index (Phi) is 5.35. The molecule has 128 valence electrons. The van der Waals surface area contributed by atoms with Crippen molar-refractivity contribution < 1.29 is 19.1 Å². The van der Waals surface area contributed by atoms with E-state index in [1.54, 1.807) is 19.4 Å². The third kappa shape index (κ3) is 4.60. The van der Waals surface area contributed by atoms with E-state index in [0.717, 1.165) is 34.5 Å². The summed E-state index contributed by atoms with van der Waals surface area (Å²) in [4.78, 5) is 27.3. The third-order valence-electron chi connectivity index (χ3n) is 3.48. The molecule has 25 heavy (non-hydrogen) atoms. The van der Waals surface area contributed by atoms with Gasteiger partial charge in [0.2, 0.25) is 0 Å². The Morgan fingerprint density at radius 3 is 2.48 bits per heavy atom. The van der Waals surface area contributed by atoms with E-state index in [2.05, 4.69) is 10.3 Å². The lowest BCUT2D eigenvalue weighted by Crippen LogP contribution is -2.17. The van der Waals surface area contributed by atoms with Gasteiger partial charge in [-0.1, -0.05) is 12.1 Å². The van der Waals surface area contributed by atoms with Crippen LogP contribution in [0.4, 0.5) is 4.79 Å². The van der Waals surface area contributed by atoms with Crippen molar-refractivity contribution >= 4 is 29.0 Å². The van der Waals surface area contributed by atoms with Crippen LogP contribution in [0.25, 0.3) is 6.08 Å². The highest BCUT2D eigenvalue weighted by Gasteiger charge is 2.24. The van der Waals surface area contributed by atoms with Crippen molar-refractivity contribution in [1.29, 1.82) is 0 Å². The molecular weight excluding hydrogens is 340 g/mol. The van der Waals surface area contributed by atoms with Gasteiger partial charge in [0.05, 0.1) is 24.8 Å². The van der Waals surface area contributed by atoms with E-state index in [1.165, 1.54) is 0 Å². The maximum atomic E-state index is 11.5. The molecule has 1 fully saturated rings. The Labute approximate surface area is 149 Å². The Bertz CT molecular complexity index is 801. The van der Waals surface area contributed by atoms with Crippen molar-refractivity contribution in [2.24, 2.45) is 0 Å². The van der Waals surface area contributed by atoms with E-state index in [-0.39, 0.29) is 11.1 Å². The molecule has 0 bridgehead atoms. The molecule has 1 aliphatic rings. The Morgan fingerprint density at radius 1 is 1.12 bits per heavy atom. The molecule has 3 rings (SSSR count). The van der Waals surface area contributed by atoms with Gasteiger partial charge in [-0.2, -0.15) is 0 Å². The minimum Gasteiger partial charge on any atom is -0.495 e. The van der Waals surface area contributed by atoms with Crippen LogP contribution in [0.1, 0.15) is 11.3 Å². The van der Waals surface area contributed by atoms with E-state index in [4.69, 9.17) is 9.47 Å². The molecule has 7 heteroatoms. The number of benzene rings is 1. The summed E-state index contributed by atoms with van der Waals surface area (Å²) in [7, 11) is 1.61. The van der Waals surface area contributed by atoms with Gasteiger partial charge < -0.3 is 9.47 Å². The number of nitrogens with one attached hydrogen (secondary N) is 1. The molecule has 1 aliphatic heterocycles. The Morgan fingerprint density at radius 2 is 1.88 bits per heavy atom. The van der Waals surface area contributed by atoms with Gasteiger partial charge in [0.25, 0.3) is 11.1 Å². The van der Waals surface area contributed by atoms with Crippen LogP contribution in [0.2, 0.25) is 0 Å². The zero-order valence-corrected chi connectivity index (χ0v) is 14.3. The van der Waals surface area contributed by atoms with E-state index in [1.807, 2.05) is 36.4 Å². The van der Waals surface area contributed by atoms with Crippen molar-refractivity contribution in [2.45, 2.75) is 6.42 Å². The summed E-state index contributed by atoms with van der Waals surface area (Å²) in [6.45, 7) is 0.506. The number of thioether (sulfide) groups is 1. The Balaban J connectivity index is 1.53. The second-order valence-electron chi connectivity index (χ2n) is 5.21. The van der Waals surface area contributed by atoms with E-state index in [9.17, 15) is 9.59 Å². The fourth-order valence-corrected chi connectivity index (χ4v) is 2.87. The van der Waals surface area contributed by atoms with Gasteiger partial charge in [0.15, 0.2) is 0 Å². The van der Waals surface area contributed by atoms with Gasteiger partial charge in [-0.3, -0.25) is 19.9 Å². The average molecular weight is 356 g/mol. The normalized spacial score (nSPS) is 15.3. The first-order valence-corrected chi connectivity index (χ1v) is 8.42. The largest absolute Gasteiger partial charge is 0.495 e. The number of amides is 2. The summed E-state index contributed by atoms with van der Waals surface area (Å²) >= 11 is 0.901. The quantitative estimate of drug-likeness (QED) is 0.802. The number of imide groups is 1. The lowest BCUT2D eigenvalue weighted by Gasteiger charge is -2.07. The number of pyridine rings is 1. The third-order valence-corrected chi connectivity index (χ3v) is 4.29. The van der Waals surface area contributed by atoms with Gasteiger partial charge >= 0.3 is 0 Å². The van der Waals surface area contributed by atoms with Crippen molar-refractivity contribution in [3.05, 3.63) is 58.8 Å². The maximum absolute atomic E-state index is 11.5. The summed E-state index contributed by atoms with van der Waals surface area (Å²) in [5.41, 5.74) is 1.76. The molecule has 1 saturated heterocycles. The standard InChI is InChI=1S/C18H16N2O4S/c1-23-15-7-4-13(19-11-15)8-9-24-14-5-2-12(3-6-14)10-16-17(21)20-18(22)25-16/h2-7,10-11H,8-9H2,1H3,(H,20,21,22). The van der Waals surface area contributed by atoms with Gasteiger partial charge in [-0.05, 0) is 47.7 Å². The molecule has 6 nitrogen and oxygen atoms in total. The number of carbonyl (C=O) groups is 2. The van der Waals surface area contributed by atoms with Crippen LogP contribution in [0.3, 0.4) is 0 Å². The number of ether oxygens (including phenoxy) is 2. The zero-order chi connectivity index (χ0) is 17.6. The Hall–Kier alpha value is -2.80. The summed E-state index contributed by atoms with van der Waals surface area (Å²) in [6, 6.07) is 11.1. The molecule has 2 amide bonds. The molecule has 0 saturated carbocycles. The highest BCUT2D eigenvalue weighted by molar-refractivity contribution is 8.18. The van der Waals surface area contributed by atoms with E-state index < -0.39 is 0 Å². The van der Waals surface area contributed by atoms with Crippen LogP contribution in [0, 0.1) is 0 Å². The van der Waals surface area contributed by atoms with Crippen LogP contribution in [-0.2, 0) is 11.2 Å². The molecule has 2 heterocycles. The number of hydrogen-bond acceptors (Lipinski definition) is 6. The van der Waals surface area contributed by atoms with Crippen LogP contribution < -0.4 is 14.8 Å². The van der Waals surface area contributed by atoms with E-state index in [0.29, 0.717) is 17.9 Å². The van der Waals surface area contributed by atoms with Crippen molar-refractivity contribution in [2.75, 3.05) is 13.7 Å². The minimum absolute atomic E-state index is 0.344. The predicted octanol–water partition coefficient (Wildman–Crippen LogP) is 3.04. The zero-order valence-electron chi connectivity index (χ0n) is 13.5. The van der Waals surface area contributed by atoms with Gasteiger partial charge in [-0.25, -0.2) is 0 Å². The number of carbonyl (C=O) groups excluding carboxylic acids is 2. The first-order chi connectivity index (χ1) is 12.1. The summed E-state index contributed by atoms with van der Waals surface area (Å²) < 4.78 is 10.8. The van der Waals surface area contributed by atoms with Gasteiger partial charge in [0, 0.05) is 12.1 Å². The monoisotopic (exact) mass is 356 g/mol. The second kappa shape index (κ2) is 7.85. The molecule has 2 aromatic rings. The van der Waals surface area contributed by atoms with Crippen molar-refractivity contribution in [1.82, 2.24) is 10.3 Å². The molecule has 1 aromatic carbocycles. The van der Waals surface area contributed by atoms with Crippen LogP contribution >= 0.6 is 11.8 Å². The molecule has 0 atom stereocenters. The fourth-order valence-electron chi connectivity index (χ4n) is 2.19. The average Bonchev–Trinajstić information content (AvgIpc) is 2.94. The first kappa shape index (κ1) is 17.0. The van der Waals surface area contributed by atoms with Crippen LogP contribution in [0.15, 0.2) is 47.5 Å². The summed E-state index contributed by atoms with van der Waals surface area (Å²) in [5, 5.41) is 1.88. The molecule has 1 N–H and O–H groups in total. The molecule has 0 aliphatic carbocycles. The number of methoxy groups -OCH3 is 1. The topological polar surface area (TPSA) is 77.5 Å². The minimum atomic E-state index is -0.359. The lowest BCUT2D eigenvalue weighted by atomic mass is 10.2. The molecular formula is C18H16N2O4S. The van der Waals surface area contributed by atoms with Crippen molar-refractivity contribution in [3.8, 4) is 11.5 Å². The summed E-state index contributed by atoms with van der Waals surface area (Å²) in [5.74, 6) is 1.10. The maximum Gasteiger partial charge on any atom is 0.290 e. The number of hydrogen-bond donors (Lipinski definition) is 1. The number of nitrogens with zero attached hydrogens (tertiary/aromatic N) is 1. The lowest BCUT2D eigenvalue weighted by molar-refractivity contribution is -0.115. The molecule has 1 aromatic heterocycles. The first-order valence-electron chi connectivity index (χ1n) is 7.61. The highest BCUT2D eigenvalue weighted by atomic mass is 32.2. The predicted molar refractivity (Wildman–Crippen MR) is 95.5 cm³/mol. The molecule has 0 spiro atoms. The molecule has 0 unspecified atom stereocenters. The smallest absolute Gasteiger partial charge is 0.290 e. The fraction of sp³-hybridized carbons (Fsp3) is 0.167. The van der Waals surface area contributed by atoms with Gasteiger partial charge in [0.1, 0.15) is 11.5 Å².